The Bertz CT molecular complexity index is 107. The van der Waals surface area contributed by atoms with Crippen LogP contribution in [0.4, 0.5) is 0 Å². The van der Waals surface area contributed by atoms with Gasteiger partial charge in [-0.05, 0) is 21.1 Å². The predicted octanol–water partition coefficient (Wildman–Crippen LogP) is -0.785. The van der Waals surface area contributed by atoms with Gasteiger partial charge in [0.05, 0.1) is 26.7 Å². The Balaban J connectivity index is 2.30. The number of hydrogen-bond donors (Lipinski definition) is 1. The molecule has 1 aliphatic rings. The van der Waals surface area contributed by atoms with E-state index >= 15 is 0 Å². The number of nitrogens with zero attached hydrogens (tertiary/aromatic N) is 3. The average molecular weight is 158 g/mol. The van der Waals surface area contributed by atoms with Gasteiger partial charge in [0.15, 0.2) is 0 Å². The Hall–Kier alpha value is -0.160. The normalized spacial score (nSPS) is 24.3. The smallest absolute Gasteiger partial charge is 0.0539 e. The molecule has 0 saturated carbocycles. The fourth-order valence-corrected chi connectivity index (χ4v) is 1.55. The molecule has 1 fully saturated rings. The first-order chi connectivity index (χ1) is 5.22. The van der Waals surface area contributed by atoms with Crippen molar-refractivity contribution in [2.24, 2.45) is 0 Å². The minimum Gasteiger partial charge on any atom is -0.307 e. The van der Waals surface area contributed by atoms with Gasteiger partial charge in [-0.15, -0.1) is 0 Å². The molecular weight excluding hydrogens is 140 g/mol. The van der Waals surface area contributed by atoms with Gasteiger partial charge in [-0.2, -0.15) is 0 Å². The number of nitrogens with one attached hydrogen (secondary N) is 1. The summed E-state index contributed by atoms with van der Waals surface area (Å²) in [6.45, 7) is 4.16. The van der Waals surface area contributed by atoms with Crippen molar-refractivity contribution in [1.82, 2.24) is 20.0 Å². The molecule has 1 saturated heterocycles. The predicted molar refractivity (Wildman–Crippen MR) is 45.9 cm³/mol. The van der Waals surface area contributed by atoms with E-state index in [-0.39, 0.29) is 0 Å². The topological polar surface area (TPSA) is 21.8 Å². The standard InChI is InChI=1S/C7H18N4/c1-8-4-11-6-9(2)5-10(3)7-11/h8H,4-7H2,1-3H3. The van der Waals surface area contributed by atoms with Crippen molar-refractivity contribution < 1.29 is 0 Å². The van der Waals surface area contributed by atoms with Crippen LogP contribution >= 0.6 is 0 Å². The molecule has 1 aliphatic heterocycles. The van der Waals surface area contributed by atoms with Crippen molar-refractivity contribution in [3.8, 4) is 0 Å². The third-order valence-electron chi connectivity index (χ3n) is 1.75. The van der Waals surface area contributed by atoms with E-state index in [1.54, 1.807) is 0 Å². The highest BCUT2D eigenvalue weighted by atomic mass is 15.5. The summed E-state index contributed by atoms with van der Waals surface area (Å²) in [5, 5.41) is 3.15. The first kappa shape index (κ1) is 8.93. The highest BCUT2D eigenvalue weighted by Crippen LogP contribution is 2.00. The fraction of sp³-hybridized carbons (Fsp3) is 1.00. The first-order valence-corrected chi connectivity index (χ1v) is 3.96. The van der Waals surface area contributed by atoms with E-state index in [9.17, 15) is 0 Å². The molecule has 0 bridgehead atoms. The Kier molecular flexibility index (Phi) is 3.26. The second-order valence-electron chi connectivity index (χ2n) is 3.32. The number of hydrogen-bond acceptors (Lipinski definition) is 4. The molecule has 0 unspecified atom stereocenters. The Labute approximate surface area is 68.8 Å². The van der Waals surface area contributed by atoms with Gasteiger partial charge in [-0.25, -0.2) is 0 Å². The Morgan fingerprint density at radius 1 is 1.09 bits per heavy atom. The number of rotatable bonds is 2. The molecule has 0 aromatic rings. The molecule has 0 spiro atoms. The van der Waals surface area contributed by atoms with Crippen LogP contribution in [0, 0.1) is 0 Å². The van der Waals surface area contributed by atoms with Crippen molar-refractivity contribution in [3.63, 3.8) is 0 Å². The lowest BCUT2D eigenvalue weighted by Crippen LogP contribution is -2.53. The van der Waals surface area contributed by atoms with Crippen LogP contribution in [0.25, 0.3) is 0 Å². The van der Waals surface area contributed by atoms with E-state index in [1.807, 2.05) is 7.05 Å². The van der Waals surface area contributed by atoms with Gasteiger partial charge in [0.2, 0.25) is 0 Å². The summed E-state index contributed by atoms with van der Waals surface area (Å²) in [5.41, 5.74) is 0. The van der Waals surface area contributed by atoms with E-state index in [2.05, 4.69) is 34.1 Å². The summed E-state index contributed by atoms with van der Waals surface area (Å²) >= 11 is 0. The molecule has 1 N–H and O–H groups in total. The van der Waals surface area contributed by atoms with Gasteiger partial charge >= 0.3 is 0 Å². The van der Waals surface area contributed by atoms with Gasteiger partial charge < -0.3 is 5.32 Å². The SMILES string of the molecule is CNCN1CN(C)CN(C)C1. The summed E-state index contributed by atoms with van der Waals surface area (Å²) in [6.07, 6.45) is 0. The van der Waals surface area contributed by atoms with Gasteiger partial charge in [0.1, 0.15) is 0 Å². The molecule has 0 amide bonds. The van der Waals surface area contributed by atoms with Crippen LogP contribution in [-0.2, 0) is 0 Å². The molecule has 0 aliphatic carbocycles. The molecule has 11 heavy (non-hydrogen) atoms. The molecule has 1 heterocycles. The Morgan fingerprint density at radius 2 is 1.64 bits per heavy atom. The summed E-state index contributed by atoms with van der Waals surface area (Å²) in [4.78, 5) is 6.94. The lowest BCUT2D eigenvalue weighted by Gasteiger charge is -2.38. The van der Waals surface area contributed by atoms with Gasteiger partial charge in [-0.1, -0.05) is 0 Å². The minimum atomic E-state index is 0.967. The van der Waals surface area contributed by atoms with Crippen LogP contribution in [0.3, 0.4) is 0 Å². The molecule has 0 aromatic heterocycles. The maximum Gasteiger partial charge on any atom is 0.0539 e. The average Bonchev–Trinajstić information content (AvgIpc) is 1.85. The maximum atomic E-state index is 3.15. The zero-order valence-electron chi connectivity index (χ0n) is 7.67. The van der Waals surface area contributed by atoms with Crippen molar-refractivity contribution in [1.29, 1.82) is 0 Å². The third kappa shape index (κ3) is 2.75. The lowest BCUT2D eigenvalue weighted by atomic mass is 10.5. The van der Waals surface area contributed by atoms with E-state index in [4.69, 9.17) is 0 Å². The maximum absolute atomic E-state index is 3.15. The van der Waals surface area contributed by atoms with E-state index in [0.29, 0.717) is 0 Å². The minimum absolute atomic E-state index is 0.967. The highest BCUT2D eigenvalue weighted by Gasteiger charge is 2.16. The van der Waals surface area contributed by atoms with Gasteiger partial charge in [-0.3, -0.25) is 14.7 Å². The van der Waals surface area contributed by atoms with Crippen LogP contribution in [0.5, 0.6) is 0 Å². The molecule has 0 atom stereocenters. The van der Waals surface area contributed by atoms with Gasteiger partial charge in [0, 0.05) is 0 Å². The van der Waals surface area contributed by atoms with Crippen LogP contribution in [0.1, 0.15) is 0 Å². The second-order valence-corrected chi connectivity index (χ2v) is 3.32. The fourth-order valence-electron chi connectivity index (χ4n) is 1.55. The summed E-state index contributed by atoms with van der Waals surface area (Å²) < 4.78 is 0. The zero-order valence-corrected chi connectivity index (χ0v) is 7.67. The van der Waals surface area contributed by atoms with Crippen LogP contribution in [0.15, 0.2) is 0 Å². The second kappa shape index (κ2) is 4.01. The molecule has 1 rings (SSSR count). The molecule has 4 heteroatoms. The largest absolute Gasteiger partial charge is 0.307 e. The van der Waals surface area contributed by atoms with E-state index in [0.717, 1.165) is 26.7 Å². The monoisotopic (exact) mass is 158 g/mol. The van der Waals surface area contributed by atoms with Gasteiger partial charge in [0.25, 0.3) is 0 Å². The van der Waals surface area contributed by atoms with Crippen LogP contribution < -0.4 is 5.32 Å². The molecule has 0 radical (unpaired) electrons. The van der Waals surface area contributed by atoms with E-state index < -0.39 is 0 Å². The molecule has 0 aromatic carbocycles. The quantitative estimate of drug-likeness (QED) is 0.569. The first-order valence-electron chi connectivity index (χ1n) is 3.96. The van der Waals surface area contributed by atoms with Crippen molar-refractivity contribution >= 4 is 0 Å². The zero-order chi connectivity index (χ0) is 8.27. The Morgan fingerprint density at radius 3 is 2.09 bits per heavy atom. The highest BCUT2D eigenvalue weighted by molar-refractivity contribution is 4.62. The van der Waals surface area contributed by atoms with Crippen molar-refractivity contribution in [2.45, 2.75) is 0 Å². The van der Waals surface area contributed by atoms with Crippen LogP contribution in [0.2, 0.25) is 0 Å². The summed E-state index contributed by atoms with van der Waals surface area (Å²) in [7, 11) is 6.26. The van der Waals surface area contributed by atoms with Crippen LogP contribution in [-0.4, -0.2) is 62.5 Å². The summed E-state index contributed by atoms with van der Waals surface area (Å²) in [5.74, 6) is 0. The van der Waals surface area contributed by atoms with Crippen molar-refractivity contribution in [2.75, 3.05) is 47.8 Å². The summed E-state index contributed by atoms with van der Waals surface area (Å²) in [6, 6.07) is 0. The molecule has 4 nitrogen and oxygen atoms in total. The molecule has 66 valence electrons. The van der Waals surface area contributed by atoms with E-state index in [1.165, 1.54) is 0 Å². The molecular formula is C7H18N4. The van der Waals surface area contributed by atoms with Crippen molar-refractivity contribution in [3.05, 3.63) is 0 Å². The lowest BCUT2D eigenvalue weighted by molar-refractivity contribution is -0.00424. The third-order valence-corrected chi connectivity index (χ3v) is 1.75.